The van der Waals surface area contributed by atoms with Gasteiger partial charge in [-0.15, -0.1) is 0 Å². The number of para-hydroxylation sites is 1. The molecule has 1 aromatic rings. The van der Waals surface area contributed by atoms with Crippen molar-refractivity contribution in [3.63, 3.8) is 0 Å². The van der Waals surface area contributed by atoms with E-state index in [1.54, 1.807) is 6.07 Å². The van der Waals surface area contributed by atoms with Gasteiger partial charge in [0, 0.05) is 0 Å². The van der Waals surface area contributed by atoms with Crippen LogP contribution >= 0.6 is 0 Å². The average Bonchev–Trinajstić information content (AvgIpc) is 2.04. The molecule has 0 N–H and O–H groups in total. The fraction of sp³-hybridized carbons (Fsp3) is 0.455. The molecule has 0 radical (unpaired) electrons. The maximum atomic E-state index is 12.0. The van der Waals surface area contributed by atoms with Gasteiger partial charge in [-0.25, -0.2) is 4.39 Å². The van der Waals surface area contributed by atoms with E-state index >= 15 is 0 Å². The minimum absolute atomic E-state index is 0.00817. The summed E-state index contributed by atoms with van der Waals surface area (Å²) >= 11 is 0. The van der Waals surface area contributed by atoms with Crippen LogP contribution < -0.4 is 4.74 Å². The van der Waals surface area contributed by atoms with Gasteiger partial charge in [-0.3, -0.25) is 0 Å². The Labute approximate surface area is 78.5 Å². The van der Waals surface area contributed by atoms with E-state index in [9.17, 15) is 4.39 Å². The minimum atomic E-state index is -0.771. The molecule has 0 unspecified atom stereocenters. The van der Waals surface area contributed by atoms with Crippen molar-refractivity contribution in [2.45, 2.75) is 26.2 Å². The van der Waals surface area contributed by atoms with Crippen LogP contribution in [-0.2, 0) is 5.41 Å². The first-order valence-electron chi connectivity index (χ1n) is 4.34. The van der Waals surface area contributed by atoms with Crippen LogP contribution in [0.3, 0.4) is 0 Å². The molecule has 0 fully saturated rings. The molecule has 1 rings (SSSR count). The zero-order valence-electron chi connectivity index (χ0n) is 8.30. The van der Waals surface area contributed by atoms with Gasteiger partial charge in [0.2, 0.25) is 6.86 Å². The Morgan fingerprint density at radius 3 is 2.38 bits per heavy atom. The Bertz CT molecular complexity index is 276. The zero-order valence-corrected chi connectivity index (χ0v) is 8.30. The highest BCUT2D eigenvalue weighted by Gasteiger charge is 2.17. The highest BCUT2D eigenvalue weighted by atomic mass is 19.1. The van der Waals surface area contributed by atoms with Crippen LogP contribution in [0.25, 0.3) is 0 Å². The Hall–Kier alpha value is -1.05. The molecule has 0 aliphatic heterocycles. The molecule has 0 aliphatic carbocycles. The summed E-state index contributed by atoms with van der Waals surface area (Å²) in [5.74, 6) is 0.637. The van der Waals surface area contributed by atoms with E-state index in [4.69, 9.17) is 4.74 Å². The number of hydrogen-bond donors (Lipinski definition) is 0. The van der Waals surface area contributed by atoms with Crippen molar-refractivity contribution in [1.29, 1.82) is 0 Å². The van der Waals surface area contributed by atoms with Gasteiger partial charge in [-0.1, -0.05) is 39.0 Å². The summed E-state index contributed by atoms with van der Waals surface area (Å²) < 4.78 is 16.9. The summed E-state index contributed by atoms with van der Waals surface area (Å²) in [4.78, 5) is 0. The second-order valence-corrected chi connectivity index (χ2v) is 4.00. The van der Waals surface area contributed by atoms with Crippen molar-refractivity contribution >= 4 is 0 Å². The molecule has 0 aromatic heterocycles. The Morgan fingerprint density at radius 1 is 1.23 bits per heavy atom. The lowest BCUT2D eigenvalue weighted by Crippen LogP contribution is -2.13. The van der Waals surface area contributed by atoms with Crippen LogP contribution in [0, 0.1) is 0 Å². The van der Waals surface area contributed by atoms with Gasteiger partial charge in [0.25, 0.3) is 0 Å². The third-order valence-corrected chi connectivity index (χ3v) is 1.91. The van der Waals surface area contributed by atoms with Gasteiger partial charge in [0.1, 0.15) is 5.75 Å². The molecule has 0 spiro atoms. The molecule has 1 aromatic carbocycles. The smallest absolute Gasteiger partial charge is 0.228 e. The number of halogens is 1. The first-order chi connectivity index (χ1) is 6.05. The topological polar surface area (TPSA) is 9.23 Å². The summed E-state index contributed by atoms with van der Waals surface area (Å²) in [6.45, 7) is 5.46. The van der Waals surface area contributed by atoms with Crippen molar-refractivity contribution in [1.82, 2.24) is 0 Å². The first kappa shape index (κ1) is 10.0. The lowest BCUT2D eigenvalue weighted by Gasteiger charge is -2.21. The van der Waals surface area contributed by atoms with Crippen molar-refractivity contribution in [3.8, 4) is 5.75 Å². The van der Waals surface area contributed by atoms with E-state index in [0.29, 0.717) is 5.75 Å². The van der Waals surface area contributed by atoms with Gasteiger partial charge in [0.05, 0.1) is 0 Å². The lowest BCUT2D eigenvalue weighted by molar-refractivity contribution is 0.188. The van der Waals surface area contributed by atoms with E-state index < -0.39 is 6.86 Å². The predicted molar refractivity (Wildman–Crippen MR) is 51.7 cm³/mol. The standard InChI is InChI=1S/C11H15FO/c1-11(2,3)9-6-4-5-7-10(9)13-8-12/h4-7H,8H2,1-3H3. The van der Waals surface area contributed by atoms with E-state index in [1.165, 1.54) is 0 Å². The van der Waals surface area contributed by atoms with Crippen LogP contribution in [0.5, 0.6) is 5.75 Å². The average molecular weight is 182 g/mol. The van der Waals surface area contributed by atoms with Crippen molar-refractivity contribution in [2.75, 3.05) is 6.86 Å². The van der Waals surface area contributed by atoms with Gasteiger partial charge in [-0.2, -0.15) is 0 Å². The largest absolute Gasteiger partial charge is 0.463 e. The van der Waals surface area contributed by atoms with Crippen LogP contribution in [-0.4, -0.2) is 6.86 Å². The molecule has 0 aliphatic rings. The number of rotatable bonds is 2. The van der Waals surface area contributed by atoms with E-state index in [2.05, 4.69) is 20.8 Å². The summed E-state index contributed by atoms with van der Waals surface area (Å²) in [7, 11) is 0. The number of hydrogen-bond acceptors (Lipinski definition) is 1. The van der Waals surface area contributed by atoms with E-state index in [-0.39, 0.29) is 5.41 Å². The summed E-state index contributed by atoms with van der Waals surface area (Å²) in [5.41, 5.74) is 1.03. The molecule has 0 saturated carbocycles. The molecule has 13 heavy (non-hydrogen) atoms. The number of alkyl halides is 1. The quantitative estimate of drug-likeness (QED) is 0.682. The molecule has 0 atom stereocenters. The first-order valence-corrected chi connectivity index (χ1v) is 4.34. The molecule has 0 heterocycles. The number of ether oxygens (including phenoxy) is 1. The van der Waals surface area contributed by atoms with E-state index in [1.807, 2.05) is 18.2 Å². The molecule has 0 bridgehead atoms. The molecule has 72 valence electrons. The fourth-order valence-electron chi connectivity index (χ4n) is 1.27. The second kappa shape index (κ2) is 3.77. The summed E-state index contributed by atoms with van der Waals surface area (Å²) in [6, 6.07) is 7.54. The molecular formula is C11H15FO. The maximum absolute atomic E-state index is 12.0. The van der Waals surface area contributed by atoms with Gasteiger partial charge >= 0.3 is 0 Å². The molecule has 0 amide bonds. The van der Waals surface area contributed by atoms with Crippen molar-refractivity contribution in [3.05, 3.63) is 29.8 Å². The van der Waals surface area contributed by atoms with Crippen LogP contribution in [0.1, 0.15) is 26.3 Å². The van der Waals surface area contributed by atoms with Gasteiger partial charge in [-0.05, 0) is 17.0 Å². The molecule has 2 heteroatoms. The normalized spacial score (nSPS) is 11.4. The van der Waals surface area contributed by atoms with Crippen molar-refractivity contribution < 1.29 is 9.13 Å². The highest BCUT2D eigenvalue weighted by molar-refractivity contribution is 5.38. The SMILES string of the molecule is CC(C)(C)c1ccccc1OCF. The summed E-state index contributed by atoms with van der Waals surface area (Å²) in [5, 5.41) is 0. The highest BCUT2D eigenvalue weighted by Crippen LogP contribution is 2.30. The Kier molecular flexibility index (Phi) is 2.91. The Balaban J connectivity index is 3.05. The summed E-state index contributed by atoms with van der Waals surface area (Å²) in [6.07, 6.45) is 0. The number of benzene rings is 1. The minimum Gasteiger partial charge on any atom is -0.463 e. The third-order valence-electron chi connectivity index (χ3n) is 1.91. The fourth-order valence-corrected chi connectivity index (χ4v) is 1.27. The Morgan fingerprint density at radius 2 is 1.85 bits per heavy atom. The van der Waals surface area contributed by atoms with Crippen LogP contribution in [0.15, 0.2) is 24.3 Å². The molecular weight excluding hydrogens is 167 g/mol. The van der Waals surface area contributed by atoms with Crippen molar-refractivity contribution in [2.24, 2.45) is 0 Å². The zero-order chi connectivity index (χ0) is 9.90. The van der Waals surface area contributed by atoms with E-state index in [0.717, 1.165) is 5.56 Å². The second-order valence-electron chi connectivity index (χ2n) is 4.00. The van der Waals surface area contributed by atoms with Crippen LogP contribution in [0.4, 0.5) is 4.39 Å². The lowest BCUT2D eigenvalue weighted by atomic mass is 9.86. The molecule has 0 saturated heterocycles. The predicted octanol–water partition coefficient (Wildman–Crippen LogP) is 3.29. The third kappa shape index (κ3) is 2.44. The monoisotopic (exact) mass is 182 g/mol. The van der Waals surface area contributed by atoms with Gasteiger partial charge in [0.15, 0.2) is 0 Å². The maximum Gasteiger partial charge on any atom is 0.228 e. The molecule has 1 nitrogen and oxygen atoms in total. The van der Waals surface area contributed by atoms with Gasteiger partial charge < -0.3 is 4.74 Å². The van der Waals surface area contributed by atoms with Crippen LogP contribution in [0.2, 0.25) is 0 Å².